The molecule has 0 atom stereocenters. The lowest BCUT2D eigenvalue weighted by Gasteiger charge is -2.15. The summed E-state index contributed by atoms with van der Waals surface area (Å²) in [5.41, 5.74) is 5.06. The molecule has 0 fully saturated rings. The van der Waals surface area contributed by atoms with Crippen LogP contribution in [0.1, 0.15) is 32.9 Å². The SMILES string of the molecule is COC(=O)c1cccc(-n2c(C)cc(/C=C(/C#N)C(=O)Nc3ccc(Cl)cc3)c2C)c1C. The number of hydrogen-bond donors (Lipinski definition) is 1. The minimum atomic E-state index is -0.511. The first-order chi connectivity index (χ1) is 15.3. The second-order valence-electron chi connectivity index (χ2n) is 7.23. The first kappa shape index (κ1) is 22.9. The molecule has 32 heavy (non-hydrogen) atoms. The Morgan fingerprint density at radius 3 is 2.44 bits per heavy atom. The Balaban J connectivity index is 1.99. The number of esters is 1. The number of methoxy groups -OCH3 is 1. The summed E-state index contributed by atoms with van der Waals surface area (Å²) in [7, 11) is 1.35. The Bertz CT molecular complexity index is 1260. The summed E-state index contributed by atoms with van der Waals surface area (Å²) >= 11 is 5.87. The van der Waals surface area contributed by atoms with Crippen LogP contribution in [0.5, 0.6) is 0 Å². The number of carbonyl (C=O) groups excluding carboxylic acids is 2. The highest BCUT2D eigenvalue weighted by Crippen LogP contribution is 2.27. The molecule has 7 heteroatoms. The van der Waals surface area contributed by atoms with E-state index >= 15 is 0 Å². The van der Waals surface area contributed by atoms with Crippen molar-refractivity contribution < 1.29 is 14.3 Å². The van der Waals surface area contributed by atoms with Crippen LogP contribution in [0.3, 0.4) is 0 Å². The van der Waals surface area contributed by atoms with Gasteiger partial charge in [-0.15, -0.1) is 0 Å². The van der Waals surface area contributed by atoms with E-state index in [9.17, 15) is 14.9 Å². The minimum absolute atomic E-state index is 0.0276. The average molecular weight is 448 g/mol. The molecule has 0 spiro atoms. The van der Waals surface area contributed by atoms with Gasteiger partial charge in [0.05, 0.1) is 12.7 Å². The van der Waals surface area contributed by atoms with E-state index in [1.54, 1.807) is 42.5 Å². The lowest BCUT2D eigenvalue weighted by atomic mass is 10.1. The van der Waals surface area contributed by atoms with Crippen molar-refractivity contribution in [1.82, 2.24) is 4.57 Å². The molecule has 0 bridgehead atoms. The molecule has 0 aliphatic carbocycles. The second-order valence-corrected chi connectivity index (χ2v) is 7.67. The first-order valence-corrected chi connectivity index (χ1v) is 10.2. The Morgan fingerprint density at radius 1 is 1.12 bits per heavy atom. The van der Waals surface area contributed by atoms with Gasteiger partial charge >= 0.3 is 5.97 Å². The molecule has 1 N–H and O–H groups in total. The van der Waals surface area contributed by atoms with Gasteiger partial charge in [-0.25, -0.2) is 4.79 Å². The third-order valence-electron chi connectivity index (χ3n) is 5.19. The summed E-state index contributed by atoms with van der Waals surface area (Å²) in [5.74, 6) is -0.916. The zero-order valence-electron chi connectivity index (χ0n) is 18.2. The van der Waals surface area contributed by atoms with Gasteiger partial charge in [0.25, 0.3) is 5.91 Å². The molecule has 1 amide bonds. The summed E-state index contributed by atoms with van der Waals surface area (Å²) in [6.07, 6.45) is 1.56. The van der Waals surface area contributed by atoms with Crippen LogP contribution in [-0.4, -0.2) is 23.6 Å². The number of aryl methyl sites for hydroxylation is 1. The first-order valence-electron chi connectivity index (χ1n) is 9.82. The van der Waals surface area contributed by atoms with Crippen LogP contribution in [0.4, 0.5) is 5.69 Å². The van der Waals surface area contributed by atoms with E-state index in [-0.39, 0.29) is 5.57 Å². The van der Waals surface area contributed by atoms with Gasteiger partial charge in [-0.05, 0) is 80.4 Å². The van der Waals surface area contributed by atoms with Gasteiger partial charge in [-0.2, -0.15) is 5.26 Å². The Kier molecular flexibility index (Phi) is 6.82. The summed E-state index contributed by atoms with van der Waals surface area (Å²) in [4.78, 5) is 24.7. The fraction of sp³-hybridized carbons (Fsp3) is 0.160. The van der Waals surface area contributed by atoms with E-state index in [1.165, 1.54) is 7.11 Å². The van der Waals surface area contributed by atoms with E-state index < -0.39 is 11.9 Å². The van der Waals surface area contributed by atoms with Crippen molar-refractivity contribution in [1.29, 1.82) is 5.26 Å². The topological polar surface area (TPSA) is 84.1 Å². The number of nitrogens with one attached hydrogen (secondary N) is 1. The number of nitriles is 1. The van der Waals surface area contributed by atoms with Gasteiger partial charge < -0.3 is 14.6 Å². The number of anilines is 1. The summed E-state index contributed by atoms with van der Waals surface area (Å²) in [6, 6.07) is 15.9. The highest BCUT2D eigenvalue weighted by molar-refractivity contribution is 6.30. The van der Waals surface area contributed by atoms with Crippen molar-refractivity contribution in [2.45, 2.75) is 20.8 Å². The molecular weight excluding hydrogens is 426 g/mol. The lowest BCUT2D eigenvalue weighted by Crippen LogP contribution is -2.13. The van der Waals surface area contributed by atoms with Crippen LogP contribution in [-0.2, 0) is 9.53 Å². The van der Waals surface area contributed by atoms with Gasteiger partial charge in [-0.3, -0.25) is 4.79 Å². The smallest absolute Gasteiger partial charge is 0.338 e. The van der Waals surface area contributed by atoms with Crippen molar-refractivity contribution in [3.63, 3.8) is 0 Å². The fourth-order valence-electron chi connectivity index (χ4n) is 3.54. The lowest BCUT2D eigenvalue weighted by molar-refractivity contribution is -0.112. The Hall–Kier alpha value is -3.82. The number of carbonyl (C=O) groups is 2. The maximum atomic E-state index is 12.6. The van der Waals surface area contributed by atoms with Crippen LogP contribution < -0.4 is 5.32 Å². The minimum Gasteiger partial charge on any atom is -0.465 e. The number of halogens is 1. The van der Waals surface area contributed by atoms with Crippen LogP contribution in [0.25, 0.3) is 11.8 Å². The summed E-state index contributed by atoms with van der Waals surface area (Å²) in [6.45, 7) is 5.68. The molecule has 0 aliphatic rings. The van der Waals surface area contributed by atoms with Crippen molar-refractivity contribution >= 4 is 35.2 Å². The Labute approximate surface area is 191 Å². The highest BCUT2D eigenvalue weighted by Gasteiger charge is 2.18. The molecule has 0 saturated carbocycles. The molecule has 6 nitrogen and oxygen atoms in total. The van der Waals surface area contributed by atoms with Crippen LogP contribution in [0, 0.1) is 32.1 Å². The van der Waals surface area contributed by atoms with E-state index in [2.05, 4.69) is 5.32 Å². The van der Waals surface area contributed by atoms with Gasteiger partial charge in [0.2, 0.25) is 0 Å². The number of benzene rings is 2. The molecule has 2 aromatic carbocycles. The number of hydrogen-bond acceptors (Lipinski definition) is 4. The predicted molar refractivity (Wildman–Crippen MR) is 125 cm³/mol. The molecule has 0 unspecified atom stereocenters. The molecule has 3 aromatic rings. The summed E-state index contributed by atoms with van der Waals surface area (Å²) in [5, 5.41) is 12.8. The molecule has 0 aliphatic heterocycles. The van der Waals surface area contributed by atoms with Crippen molar-refractivity contribution in [3.05, 3.63) is 87.2 Å². The Morgan fingerprint density at radius 2 is 1.81 bits per heavy atom. The molecule has 0 saturated heterocycles. The number of nitrogens with zero attached hydrogens (tertiary/aromatic N) is 2. The van der Waals surface area contributed by atoms with Gasteiger partial charge in [-0.1, -0.05) is 17.7 Å². The number of ether oxygens (including phenoxy) is 1. The maximum Gasteiger partial charge on any atom is 0.338 e. The number of rotatable bonds is 5. The van der Waals surface area contributed by atoms with Crippen molar-refractivity contribution in [3.8, 4) is 11.8 Å². The van der Waals surface area contributed by atoms with E-state index in [1.807, 2.05) is 43.5 Å². The molecule has 0 radical (unpaired) electrons. The molecule has 1 aromatic heterocycles. The normalized spacial score (nSPS) is 11.1. The molecule has 3 rings (SSSR count). The van der Waals surface area contributed by atoms with E-state index in [4.69, 9.17) is 16.3 Å². The molecule has 1 heterocycles. The predicted octanol–water partition coefficient (Wildman–Crippen LogP) is 5.39. The molecule has 162 valence electrons. The largest absolute Gasteiger partial charge is 0.465 e. The van der Waals surface area contributed by atoms with Crippen molar-refractivity contribution in [2.75, 3.05) is 12.4 Å². The quantitative estimate of drug-likeness (QED) is 0.323. The monoisotopic (exact) mass is 447 g/mol. The molecular formula is C25H22ClN3O3. The zero-order chi connectivity index (χ0) is 23.4. The number of amides is 1. The van der Waals surface area contributed by atoms with E-state index in [0.29, 0.717) is 16.3 Å². The maximum absolute atomic E-state index is 12.6. The van der Waals surface area contributed by atoms with Gasteiger partial charge in [0.15, 0.2) is 0 Å². The highest BCUT2D eigenvalue weighted by atomic mass is 35.5. The van der Waals surface area contributed by atoms with Crippen LogP contribution in [0.2, 0.25) is 5.02 Å². The fourth-order valence-corrected chi connectivity index (χ4v) is 3.66. The number of aromatic nitrogens is 1. The van der Waals surface area contributed by atoms with Gasteiger partial charge in [0, 0.05) is 27.8 Å². The van der Waals surface area contributed by atoms with Crippen molar-refractivity contribution in [2.24, 2.45) is 0 Å². The van der Waals surface area contributed by atoms with E-state index in [0.717, 1.165) is 28.2 Å². The van der Waals surface area contributed by atoms with Gasteiger partial charge in [0.1, 0.15) is 11.6 Å². The second kappa shape index (κ2) is 9.54. The third kappa shape index (κ3) is 4.58. The van der Waals surface area contributed by atoms with Crippen LogP contribution >= 0.6 is 11.6 Å². The standard InChI is InChI=1S/C25H22ClN3O3/c1-15-12-18(13-19(14-27)24(30)28-21-10-8-20(26)9-11-21)17(3)29(15)23-7-5-6-22(16(23)2)25(31)32-4/h5-13H,1-4H3,(H,28,30)/b19-13-. The third-order valence-corrected chi connectivity index (χ3v) is 5.44. The average Bonchev–Trinajstić information content (AvgIpc) is 3.06. The van der Waals surface area contributed by atoms with Crippen LogP contribution in [0.15, 0.2) is 54.1 Å². The zero-order valence-corrected chi connectivity index (χ0v) is 18.9. The summed E-state index contributed by atoms with van der Waals surface area (Å²) < 4.78 is 6.86.